The first-order chi connectivity index (χ1) is 24.9. The van der Waals surface area contributed by atoms with Crippen molar-refractivity contribution in [2.24, 2.45) is 23.7 Å². The largest absolute Gasteiger partial charge is 0.504 e. The summed E-state index contributed by atoms with van der Waals surface area (Å²) in [7, 11) is 1.41. The standard InChI is InChI=1S/C39H29BrClFIN3O6/c1-52-31-17-20(40)16-29(34(31)47)33-26-14-15-27-32(37(50)45(35(27)48)25-12-8-23(43)9-13-25)28(26)18-30-36(49)46(44-24-10-6-22(42)7-11-24)38(51)39(30,33)19-2-4-21(41)5-3-19/h2-14,16-17,27-28,30,32-33,44,47H,15,18H2,1H3/t27-,28+,30-,32-,33+,39+/m0/s1. The number of hydrogen-bond acceptors (Lipinski definition) is 7. The lowest BCUT2D eigenvalue weighted by atomic mass is 9.49. The van der Waals surface area contributed by atoms with Gasteiger partial charge in [-0.25, -0.2) is 4.39 Å². The molecule has 2 aliphatic heterocycles. The highest BCUT2D eigenvalue weighted by Crippen LogP contribution is 2.65. The molecule has 0 bridgehead atoms. The Balaban J connectivity index is 1.35. The van der Waals surface area contributed by atoms with Gasteiger partial charge < -0.3 is 9.84 Å². The monoisotopic (exact) mass is 895 g/mol. The predicted octanol–water partition coefficient (Wildman–Crippen LogP) is 7.75. The number of nitrogens with one attached hydrogen (secondary N) is 1. The van der Waals surface area contributed by atoms with Crippen molar-refractivity contribution in [1.82, 2.24) is 5.01 Å². The lowest BCUT2D eigenvalue weighted by molar-refractivity contribution is -0.138. The molecule has 8 rings (SSSR count). The number of carbonyl (C=O) groups excluding carboxylic acids is 4. The summed E-state index contributed by atoms with van der Waals surface area (Å²) in [6.45, 7) is 0. The number of methoxy groups -OCH3 is 1. The third-order valence-electron chi connectivity index (χ3n) is 10.9. The van der Waals surface area contributed by atoms with Gasteiger partial charge in [0.1, 0.15) is 5.82 Å². The Labute approximate surface area is 325 Å². The first-order valence-corrected chi connectivity index (χ1v) is 18.8. The maximum atomic E-state index is 15.3. The Kier molecular flexibility index (Phi) is 8.69. The maximum absolute atomic E-state index is 15.3. The minimum absolute atomic E-state index is 0.0593. The Morgan fingerprint density at radius 3 is 2.31 bits per heavy atom. The summed E-state index contributed by atoms with van der Waals surface area (Å²) in [5.41, 5.74) is 3.47. The topological polar surface area (TPSA) is 116 Å². The summed E-state index contributed by atoms with van der Waals surface area (Å²) in [5.74, 6) is -6.68. The van der Waals surface area contributed by atoms with E-state index in [9.17, 15) is 23.9 Å². The molecule has 264 valence electrons. The third-order valence-corrected chi connectivity index (χ3v) is 12.4. The summed E-state index contributed by atoms with van der Waals surface area (Å²) >= 11 is 12.1. The lowest BCUT2D eigenvalue weighted by Crippen LogP contribution is -2.53. The molecule has 1 saturated carbocycles. The van der Waals surface area contributed by atoms with Gasteiger partial charge in [-0.3, -0.25) is 29.5 Å². The molecule has 2 N–H and O–H groups in total. The number of allylic oxidation sites excluding steroid dienone is 2. The van der Waals surface area contributed by atoms with Gasteiger partial charge in [-0.1, -0.05) is 51.3 Å². The number of ether oxygens (including phenoxy) is 1. The number of imide groups is 2. The first kappa shape index (κ1) is 34.8. The molecule has 3 fully saturated rings. The predicted molar refractivity (Wildman–Crippen MR) is 203 cm³/mol. The number of nitrogens with zero attached hydrogens (tertiary/aromatic N) is 2. The number of rotatable bonds is 6. The van der Waals surface area contributed by atoms with Crippen molar-refractivity contribution in [2.45, 2.75) is 24.2 Å². The molecular formula is C39H29BrClFIN3O6. The van der Waals surface area contributed by atoms with Gasteiger partial charge in [-0.05, 0) is 120 Å². The van der Waals surface area contributed by atoms with Gasteiger partial charge in [-0.15, -0.1) is 0 Å². The molecule has 4 aliphatic rings. The van der Waals surface area contributed by atoms with Crippen LogP contribution in [-0.4, -0.2) is 40.9 Å². The summed E-state index contributed by atoms with van der Waals surface area (Å²) in [6, 6.07) is 22.4. The molecule has 9 nitrogen and oxygen atoms in total. The van der Waals surface area contributed by atoms with Crippen LogP contribution in [0.15, 0.2) is 101 Å². The zero-order valence-electron chi connectivity index (χ0n) is 27.4. The van der Waals surface area contributed by atoms with Crippen molar-refractivity contribution in [3.05, 3.63) is 127 Å². The van der Waals surface area contributed by atoms with E-state index < -0.39 is 52.6 Å². The number of carbonyl (C=O) groups is 4. The molecule has 13 heteroatoms. The number of aromatic hydroxyl groups is 1. The van der Waals surface area contributed by atoms with Gasteiger partial charge in [0.2, 0.25) is 11.8 Å². The molecule has 2 aliphatic carbocycles. The Bertz CT molecular complexity index is 2200. The second-order valence-electron chi connectivity index (χ2n) is 13.4. The van der Waals surface area contributed by atoms with Crippen molar-refractivity contribution in [1.29, 1.82) is 0 Å². The molecule has 0 spiro atoms. The van der Waals surface area contributed by atoms with Crippen LogP contribution in [0.4, 0.5) is 15.8 Å². The average molecular weight is 897 g/mol. The van der Waals surface area contributed by atoms with Crippen LogP contribution in [0, 0.1) is 33.1 Å². The molecule has 4 amide bonds. The van der Waals surface area contributed by atoms with E-state index in [4.69, 9.17) is 16.3 Å². The van der Waals surface area contributed by atoms with Crippen LogP contribution >= 0.6 is 50.1 Å². The minimum atomic E-state index is -1.66. The second kappa shape index (κ2) is 13.0. The van der Waals surface area contributed by atoms with Crippen molar-refractivity contribution in [2.75, 3.05) is 17.4 Å². The maximum Gasteiger partial charge on any atom is 0.260 e. The first-order valence-electron chi connectivity index (χ1n) is 16.5. The van der Waals surface area contributed by atoms with E-state index in [2.05, 4.69) is 43.9 Å². The van der Waals surface area contributed by atoms with E-state index >= 15 is 4.79 Å². The van der Waals surface area contributed by atoms with E-state index in [1.165, 1.54) is 36.3 Å². The molecule has 4 aromatic carbocycles. The van der Waals surface area contributed by atoms with Gasteiger partial charge >= 0.3 is 0 Å². The highest BCUT2D eigenvalue weighted by atomic mass is 127. The van der Waals surface area contributed by atoms with Gasteiger partial charge in [0.25, 0.3) is 11.8 Å². The minimum Gasteiger partial charge on any atom is -0.504 e. The fraction of sp³-hybridized carbons (Fsp3) is 0.231. The van der Waals surface area contributed by atoms with Crippen LogP contribution in [0.5, 0.6) is 11.5 Å². The van der Waals surface area contributed by atoms with Crippen molar-refractivity contribution in [3.63, 3.8) is 0 Å². The lowest BCUT2D eigenvalue weighted by Gasteiger charge is -2.50. The molecule has 2 saturated heterocycles. The van der Waals surface area contributed by atoms with Crippen LogP contribution in [0.1, 0.15) is 29.9 Å². The highest BCUT2D eigenvalue weighted by molar-refractivity contribution is 14.1. The summed E-state index contributed by atoms with van der Waals surface area (Å²) < 4.78 is 20.9. The molecule has 2 heterocycles. The zero-order chi connectivity index (χ0) is 36.6. The van der Waals surface area contributed by atoms with Crippen molar-refractivity contribution < 1.29 is 33.4 Å². The quantitative estimate of drug-likeness (QED) is 0.116. The summed E-state index contributed by atoms with van der Waals surface area (Å²) in [4.78, 5) is 59.9. The van der Waals surface area contributed by atoms with Crippen LogP contribution < -0.4 is 15.1 Å². The SMILES string of the molecule is COc1cc(Br)cc([C@H]2C3=CC[C@@H]4C(=O)N(c5ccc(I)cc5)C(=O)[C@@H]4[C@@H]3C[C@H]3C(=O)N(Nc4ccc(F)cc4)C(=O)[C@@]23c2ccc(Cl)cc2)c1O. The highest BCUT2D eigenvalue weighted by Gasteiger charge is 2.70. The molecular weight excluding hydrogens is 868 g/mol. The molecule has 0 unspecified atom stereocenters. The Morgan fingerprint density at radius 1 is 0.942 bits per heavy atom. The number of phenolic OH excluding ortho intramolecular Hbond substituents is 1. The molecule has 0 aromatic heterocycles. The fourth-order valence-electron chi connectivity index (χ4n) is 8.81. The number of fused-ring (bicyclic) bond motifs is 4. The number of benzene rings is 4. The second-order valence-corrected chi connectivity index (χ2v) is 16.0. The fourth-order valence-corrected chi connectivity index (χ4v) is 9.75. The third kappa shape index (κ3) is 5.19. The molecule has 52 heavy (non-hydrogen) atoms. The summed E-state index contributed by atoms with van der Waals surface area (Å²) in [5, 5.41) is 13.2. The smallest absolute Gasteiger partial charge is 0.260 e. The van der Waals surface area contributed by atoms with E-state index in [1.54, 1.807) is 48.5 Å². The zero-order valence-corrected chi connectivity index (χ0v) is 31.9. The Hall–Kier alpha value is -4.27. The molecule has 6 atom stereocenters. The van der Waals surface area contributed by atoms with Crippen molar-refractivity contribution >= 4 is 85.1 Å². The van der Waals surface area contributed by atoms with Gasteiger partial charge in [0.15, 0.2) is 11.5 Å². The number of anilines is 2. The average Bonchev–Trinajstić information content (AvgIpc) is 3.51. The number of phenols is 1. The van der Waals surface area contributed by atoms with E-state index in [-0.39, 0.29) is 36.2 Å². The van der Waals surface area contributed by atoms with Gasteiger partial charge in [0.05, 0.1) is 41.7 Å². The van der Waals surface area contributed by atoms with Gasteiger partial charge in [0, 0.05) is 24.5 Å². The Morgan fingerprint density at radius 2 is 1.63 bits per heavy atom. The van der Waals surface area contributed by atoms with Gasteiger partial charge in [-0.2, -0.15) is 5.01 Å². The normalized spacial score (nSPS) is 26.6. The van der Waals surface area contributed by atoms with Crippen LogP contribution in [0.25, 0.3) is 0 Å². The van der Waals surface area contributed by atoms with Crippen molar-refractivity contribution in [3.8, 4) is 11.5 Å². The van der Waals surface area contributed by atoms with E-state index in [1.807, 2.05) is 18.2 Å². The number of amides is 4. The van der Waals surface area contributed by atoms with E-state index in [0.29, 0.717) is 37.6 Å². The van der Waals surface area contributed by atoms with Crippen LogP contribution in [0.3, 0.4) is 0 Å². The van der Waals surface area contributed by atoms with E-state index in [0.717, 1.165) is 8.58 Å². The number of hydrogen-bond donors (Lipinski definition) is 2. The summed E-state index contributed by atoms with van der Waals surface area (Å²) in [6.07, 6.45) is 2.18. The van der Waals surface area contributed by atoms with Crippen LogP contribution in [-0.2, 0) is 24.6 Å². The molecule has 0 radical (unpaired) electrons. The molecule has 4 aromatic rings. The number of halogens is 4. The van der Waals surface area contributed by atoms with Crippen LogP contribution in [0.2, 0.25) is 5.02 Å². The number of hydrazine groups is 1.